The predicted molar refractivity (Wildman–Crippen MR) is 62.1 cm³/mol. The molecule has 0 spiro atoms. The van der Waals surface area contributed by atoms with Gasteiger partial charge >= 0.3 is 0 Å². The Morgan fingerprint density at radius 3 is 3.00 bits per heavy atom. The van der Waals surface area contributed by atoms with E-state index in [1.54, 1.807) is 5.57 Å². The van der Waals surface area contributed by atoms with Gasteiger partial charge in [-0.3, -0.25) is 0 Å². The average molecular weight is 184 g/mol. The Balaban J connectivity index is 2.45. The van der Waals surface area contributed by atoms with Crippen LogP contribution in [0.2, 0.25) is 0 Å². The van der Waals surface area contributed by atoms with Gasteiger partial charge in [0.1, 0.15) is 0 Å². The first-order valence-corrected chi connectivity index (χ1v) is 5.24. The second kappa shape index (κ2) is 3.83. The van der Waals surface area contributed by atoms with E-state index in [0.717, 1.165) is 6.42 Å². The van der Waals surface area contributed by atoms with E-state index >= 15 is 0 Å². The Hall–Kier alpha value is -1.30. The zero-order valence-electron chi connectivity index (χ0n) is 8.72. The van der Waals surface area contributed by atoms with E-state index in [1.165, 1.54) is 29.6 Å². The highest BCUT2D eigenvalue weighted by Crippen LogP contribution is 2.40. The Kier molecular flexibility index (Phi) is 2.53. The smallest absolute Gasteiger partial charge is 0.00549 e. The van der Waals surface area contributed by atoms with Crippen molar-refractivity contribution in [3.8, 4) is 0 Å². The minimum atomic E-state index is 1.15. The summed E-state index contributed by atoms with van der Waals surface area (Å²) < 4.78 is 0. The summed E-state index contributed by atoms with van der Waals surface area (Å²) in [7, 11) is 0. The standard InChI is InChI=1S/C14H16/c1-3-7-13-11(4-2)10-12-8-5-6-9-14(12)13/h3-4,6-7,9H,1,5,8,10H2,2H3/b11-4-,13-7+. The first-order chi connectivity index (χ1) is 6.86. The van der Waals surface area contributed by atoms with Gasteiger partial charge in [0.25, 0.3) is 0 Å². The van der Waals surface area contributed by atoms with E-state index in [9.17, 15) is 0 Å². The number of hydrogen-bond acceptors (Lipinski definition) is 0. The van der Waals surface area contributed by atoms with Crippen molar-refractivity contribution >= 4 is 0 Å². The van der Waals surface area contributed by atoms with Crippen molar-refractivity contribution in [2.75, 3.05) is 0 Å². The van der Waals surface area contributed by atoms with E-state index in [-0.39, 0.29) is 0 Å². The largest absolute Gasteiger partial charge is 0.0990 e. The van der Waals surface area contributed by atoms with Crippen molar-refractivity contribution in [3.63, 3.8) is 0 Å². The molecule has 0 heterocycles. The lowest BCUT2D eigenvalue weighted by atomic mass is 9.98. The third-order valence-electron chi connectivity index (χ3n) is 2.95. The van der Waals surface area contributed by atoms with E-state index in [1.807, 2.05) is 6.08 Å². The van der Waals surface area contributed by atoms with Crippen LogP contribution in [0.4, 0.5) is 0 Å². The fraction of sp³-hybridized carbons (Fsp3) is 0.286. The van der Waals surface area contributed by atoms with E-state index in [0.29, 0.717) is 0 Å². The van der Waals surface area contributed by atoms with Crippen molar-refractivity contribution in [1.82, 2.24) is 0 Å². The molecule has 72 valence electrons. The second-order valence-electron chi connectivity index (χ2n) is 3.77. The molecule has 0 unspecified atom stereocenters. The quantitative estimate of drug-likeness (QED) is 0.575. The summed E-state index contributed by atoms with van der Waals surface area (Å²) >= 11 is 0. The maximum Gasteiger partial charge on any atom is -0.00549 e. The van der Waals surface area contributed by atoms with Crippen LogP contribution in [0.15, 0.2) is 59.3 Å². The van der Waals surface area contributed by atoms with Crippen LogP contribution in [0.3, 0.4) is 0 Å². The molecule has 0 aromatic heterocycles. The molecule has 0 saturated carbocycles. The van der Waals surface area contributed by atoms with Gasteiger partial charge in [0, 0.05) is 0 Å². The van der Waals surface area contributed by atoms with Crippen LogP contribution in [0.25, 0.3) is 0 Å². The Morgan fingerprint density at radius 2 is 2.29 bits per heavy atom. The summed E-state index contributed by atoms with van der Waals surface area (Å²) in [4.78, 5) is 0. The first-order valence-electron chi connectivity index (χ1n) is 5.24. The van der Waals surface area contributed by atoms with Gasteiger partial charge in [0.15, 0.2) is 0 Å². The fourth-order valence-corrected chi connectivity index (χ4v) is 2.25. The van der Waals surface area contributed by atoms with Crippen LogP contribution in [-0.4, -0.2) is 0 Å². The number of hydrogen-bond donors (Lipinski definition) is 0. The lowest BCUT2D eigenvalue weighted by molar-refractivity contribution is 0.924. The molecule has 0 aromatic rings. The third-order valence-corrected chi connectivity index (χ3v) is 2.95. The summed E-state index contributed by atoms with van der Waals surface area (Å²) in [5, 5.41) is 0. The SMILES string of the molecule is C=C/C=C1/C2=C(CCC=C2)C/C1=C/C. The Morgan fingerprint density at radius 1 is 1.43 bits per heavy atom. The molecule has 0 aromatic carbocycles. The van der Waals surface area contributed by atoms with Crippen molar-refractivity contribution < 1.29 is 0 Å². The molecule has 14 heavy (non-hydrogen) atoms. The molecule has 0 fully saturated rings. The van der Waals surface area contributed by atoms with Crippen LogP contribution in [0, 0.1) is 0 Å². The zero-order valence-corrected chi connectivity index (χ0v) is 8.72. The third kappa shape index (κ3) is 1.41. The van der Waals surface area contributed by atoms with Gasteiger partial charge < -0.3 is 0 Å². The maximum absolute atomic E-state index is 3.78. The van der Waals surface area contributed by atoms with Crippen LogP contribution >= 0.6 is 0 Å². The van der Waals surface area contributed by atoms with Gasteiger partial charge in [-0.25, -0.2) is 0 Å². The molecule has 0 amide bonds. The van der Waals surface area contributed by atoms with Gasteiger partial charge in [-0.2, -0.15) is 0 Å². The van der Waals surface area contributed by atoms with Gasteiger partial charge in [-0.1, -0.05) is 42.5 Å². The van der Waals surface area contributed by atoms with Gasteiger partial charge in [0.2, 0.25) is 0 Å². The van der Waals surface area contributed by atoms with Gasteiger partial charge in [0.05, 0.1) is 0 Å². The number of allylic oxidation sites excluding steroid dienone is 9. The van der Waals surface area contributed by atoms with E-state index in [4.69, 9.17) is 0 Å². The zero-order chi connectivity index (χ0) is 9.97. The summed E-state index contributed by atoms with van der Waals surface area (Å²) in [6, 6.07) is 0. The summed E-state index contributed by atoms with van der Waals surface area (Å²) in [5.41, 5.74) is 5.90. The highest BCUT2D eigenvalue weighted by Gasteiger charge is 2.22. The highest BCUT2D eigenvalue weighted by molar-refractivity contribution is 5.62. The molecule has 0 radical (unpaired) electrons. The lowest BCUT2D eigenvalue weighted by Gasteiger charge is -2.07. The van der Waals surface area contributed by atoms with Crippen molar-refractivity contribution in [2.24, 2.45) is 0 Å². The molecular weight excluding hydrogens is 168 g/mol. The topological polar surface area (TPSA) is 0 Å². The molecule has 0 saturated heterocycles. The predicted octanol–water partition coefficient (Wildman–Crippen LogP) is 4.10. The van der Waals surface area contributed by atoms with Crippen molar-refractivity contribution in [3.05, 3.63) is 59.3 Å². The summed E-state index contributed by atoms with van der Waals surface area (Å²) in [5.74, 6) is 0. The normalized spacial score (nSPS) is 26.1. The fourth-order valence-electron chi connectivity index (χ4n) is 2.25. The molecule has 0 N–H and O–H groups in total. The average Bonchev–Trinajstić information content (AvgIpc) is 2.58. The molecule has 0 heteroatoms. The molecule has 0 bridgehead atoms. The minimum absolute atomic E-state index is 1.15. The monoisotopic (exact) mass is 184 g/mol. The van der Waals surface area contributed by atoms with Crippen molar-refractivity contribution in [2.45, 2.75) is 26.2 Å². The minimum Gasteiger partial charge on any atom is -0.0990 e. The second-order valence-corrected chi connectivity index (χ2v) is 3.77. The van der Waals surface area contributed by atoms with Crippen molar-refractivity contribution in [1.29, 1.82) is 0 Å². The van der Waals surface area contributed by atoms with Crippen LogP contribution < -0.4 is 0 Å². The summed E-state index contributed by atoms with van der Waals surface area (Å²) in [6.45, 7) is 5.90. The van der Waals surface area contributed by atoms with Crippen LogP contribution in [-0.2, 0) is 0 Å². The lowest BCUT2D eigenvalue weighted by Crippen LogP contribution is -1.88. The Bertz CT molecular complexity index is 373. The first kappa shape index (κ1) is 9.26. The Labute approximate surface area is 86.0 Å². The molecule has 2 aliphatic rings. The van der Waals surface area contributed by atoms with Gasteiger partial charge in [-0.05, 0) is 42.9 Å². The molecule has 0 nitrogen and oxygen atoms in total. The van der Waals surface area contributed by atoms with Crippen LogP contribution in [0.1, 0.15) is 26.2 Å². The molecule has 0 atom stereocenters. The molecule has 2 aliphatic carbocycles. The van der Waals surface area contributed by atoms with Crippen LogP contribution in [0.5, 0.6) is 0 Å². The molecule has 0 aliphatic heterocycles. The number of rotatable bonds is 1. The maximum atomic E-state index is 3.78. The molecule has 2 rings (SSSR count). The van der Waals surface area contributed by atoms with E-state index < -0.39 is 0 Å². The highest BCUT2D eigenvalue weighted by atomic mass is 14.3. The van der Waals surface area contributed by atoms with Gasteiger partial charge in [-0.15, -0.1) is 0 Å². The molecular formula is C14H16. The summed E-state index contributed by atoms with van der Waals surface area (Å²) in [6.07, 6.45) is 14.4. The van der Waals surface area contributed by atoms with E-state index in [2.05, 4.69) is 37.8 Å².